The van der Waals surface area contributed by atoms with Crippen LogP contribution in [0, 0.1) is 11.3 Å². The normalized spacial score (nSPS) is 14.5. The summed E-state index contributed by atoms with van der Waals surface area (Å²) in [5, 5.41) is 18.9. The predicted molar refractivity (Wildman–Crippen MR) is 109 cm³/mol. The molecular formula is C19H17N5OS2. The van der Waals surface area contributed by atoms with Gasteiger partial charge in [0.15, 0.2) is 5.16 Å². The molecule has 136 valence electrons. The number of thiophene rings is 1. The molecule has 1 atom stereocenters. The third-order valence-corrected chi connectivity index (χ3v) is 5.97. The van der Waals surface area contributed by atoms with E-state index in [-0.39, 0.29) is 5.91 Å². The van der Waals surface area contributed by atoms with Gasteiger partial charge in [0.25, 0.3) is 0 Å². The highest BCUT2D eigenvalue weighted by atomic mass is 32.2. The maximum absolute atomic E-state index is 12.5. The van der Waals surface area contributed by atoms with E-state index in [2.05, 4.69) is 26.7 Å². The van der Waals surface area contributed by atoms with Gasteiger partial charge in [0, 0.05) is 11.4 Å². The van der Waals surface area contributed by atoms with Gasteiger partial charge in [-0.25, -0.2) is 9.97 Å². The first kappa shape index (κ1) is 17.8. The van der Waals surface area contributed by atoms with Crippen LogP contribution in [0.5, 0.6) is 0 Å². The quantitative estimate of drug-likeness (QED) is 0.479. The molecule has 3 aromatic rings. The predicted octanol–water partition coefficient (Wildman–Crippen LogP) is 4.26. The van der Waals surface area contributed by atoms with Crippen LogP contribution in [0.25, 0.3) is 10.9 Å². The van der Waals surface area contributed by atoms with E-state index in [0.717, 1.165) is 29.6 Å². The molecule has 8 heteroatoms. The molecule has 4 rings (SSSR count). The van der Waals surface area contributed by atoms with Crippen LogP contribution in [0.4, 0.5) is 10.8 Å². The van der Waals surface area contributed by atoms with Crippen LogP contribution in [0.3, 0.4) is 0 Å². The van der Waals surface area contributed by atoms with E-state index in [1.165, 1.54) is 23.1 Å². The highest BCUT2D eigenvalue weighted by molar-refractivity contribution is 8.00. The van der Waals surface area contributed by atoms with E-state index in [0.29, 0.717) is 21.8 Å². The molecule has 1 aliphatic rings. The fraction of sp³-hybridized carbons (Fsp3) is 0.263. The molecule has 1 aromatic carbocycles. The Hall–Kier alpha value is -2.63. The number of fused-ring (bicyclic) bond motifs is 1. The number of carbonyl (C=O) groups excluding carboxylic acids is 1. The van der Waals surface area contributed by atoms with E-state index in [1.807, 2.05) is 31.2 Å². The first-order valence-corrected chi connectivity index (χ1v) is 10.4. The van der Waals surface area contributed by atoms with Crippen LogP contribution >= 0.6 is 23.1 Å². The Kier molecular flexibility index (Phi) is 4.97. The van der Waals surface area contributed by atoms with Crippen molar-refractivity contribution < 1.29 is 4.79 Å². The first-order valence-electron chi connectivity index (χ1n) is 8.62. The van der Waals surface area contributed by atoms with Gasteiger partial charge < -0.3 is 10.6 Å². The van der Waals surface area contributed by atoms with E-state index in [4.69, 9.17) is 5.26 Å². The SMILES string of the molecule is C[C@H](Sc1nc(NC2CC2)c2ccccc2n1)C(=O)Nc1sccc1C#N. The van der Waals surface area contributed by atoms with Crippen LogP contribution in [0.1, 0.15) is 25.3 Å². The van der Waals surface area contributed by atoms with Crippen molar-refractivity contribution in [3.63, 3.8) is 0 Å². The minimum Gasteiger partial charge on any atom is -0.367 e. The van der Waals surface area contributed by atoms with Crippen LogP contribution < -0.4 is 10.6 Å². The molecule has 2 N–H and O–H groups in total. The monoisotopic (exact) mass is 395 g/mol. The van der Waals surface area contributed by atoms with Gasteiger partial charge in [-0.1, -0.05) is 23.9 Å². The van der Waals surface area contributed by atoms with Gasteiger partial charge >= 0.3 is 0 Å². The molecule has 0 bridgehead atoms. The zero-order valence-electron chi connectivity index (χ0n) is 14.6. The summed E-state index contributed by atoms with van der Waals surface area (Å²) in [6.07, 6.45) is 2.31. The highest BCUT2D eigenvalue weighted by Crippen LogP contribution is 2.31. The number of aromatic nitrogens is 2. The number of benzene rings is 1. The second-order valence-electron chi connectivity index (χ2n) is 6.32. The lowest BCUT2D eigenvalue weighted by Crippen LogP contribution is -2.22. The van der Waals surface area contributed by atoms with Gasteiger partial charge in [0.05, 0.1) is 16.3 Å². The van der Waals surface area contributed by atoms with Crippen LogP contribution in [-0.2, 0) is 4.79 Å². The van der Waals surface area contributed by atoms with Gasteiger partial charge in [-0.15, -0.1) is 11.3 Å². The topological polar surface area (TPSA) is 90.7 Å². The summed E-state index contributed by atoms with van der Waals surface area (Å²) < 4.78 is 0. The maximum Gasteiger partial charge on any atom is 0.238 e. The molecule has 0 aliphatic heterocycles. The summed E-state index contributed by atoms with van der Waals surface area (Å²) in [4.78, 5) is 21.8. The maximum atomic E-state index is 12.5. The average Bonchev–Trinajstić information content (AvgIpc) is 3.37. The average molecular weight is 396 g/mol. The lowest BCUT2D eigenvalue weighted by Gasteiger charge is -2.13. The van der Waals surface area contributed by atoms with Crippen molar-refractivity contribution in [1.82, 2.24) is 9.97 Å². The lowest BCUT2D eigenvalue weighted by atomic mass is 10.2. The second-order valence-corrected chi connectivity index (χ2v) is 8.54. The summed E-state index contributed by atoms with van der Waals surface area (Å²) in [5.74, 6) is 0.649. The van der Waals surface area contributed by atoms with Crippen molar-refractivity contribution in [2.75, 3.05) is 10.6 Å². The molecule has 0 unspecified atom stereocenters. The number of hydrogen-bond donors (Lipinski definition) is 2. The zero-order chi connectivity index (χ0) is 18.8. The van der Waals surface area contributed by atoms with E-state index in [9.17, 15) is 4.79 Å². The number of thioether (sulfide) groups is 1. The van der Waals surface area contributed by atoms with Gasteiger partial charge in [-0.3, -0.25) is 4.79 Å². The third kappa shape index (κ3) is 4.04. The number of hydrogen-bond acceptors (Lipinski definition) is 7. The Bertz CT molecular complexity index is 1040. The molecule has 1 fully saturated rings. The third-order valence-electron chi connectivity index (χ3n) is 4.17. The van der Waals surface area contributed by atoms with Gasteiger partial charge in [0.2, 0.25) is 5.91 Å². The molecule has 1 saturated carbocycles. The Labute approximate surface area is 165 Å². The Morgan fingerprint density at radius 2 is 2.15 bits per heavy atom. The van der Waals surface area contributed by atoms with E-state index < -0.39 is 5.25 Å². The summed E-state index contributed by atoms with van der Waals surface area (Å²) in [6, 6.07) is 12.1. The fourth-order valence-corrected chi connectivity index (χ4v) is 4.08. The number of amides is 1. The molecule has 2 aromatic heterocycles. The molecule has 0 saturated heterocycles. The van der Waals surface area contributed by atoms with Crippen LogP contribution in [0.2, 0.25) is 0 Å². The largest absolute Gasteiger partial charge is 0.367 e. The number of nitrogens with one attached hydrogen (secondary N) is 2. The Morgan fingerprint density at radius 1 is 1.33 bits per heavy atom. The number of carbonyl (C=O) groups is 1. The number of para-hydroxylation sites is 1. The lowest BCUT2D eigenvalue weighted by molar-refractivity contribution is -0.115. The molecule has 0 radical (unpaired) electrons. The van der Waals surface area contributed by atoms with Crippen molar-refractivity contribution in [3.8, 4) is 6.07 Å². The van der Waals surface area contributed by atoms with Gasteiger partial charge in [-0.2, -0.15) is 5.26 Å². The second kappa shape index (κ2) is 7.55. The first-order chi connectivity index (χ1) is 13.1. The molecular weight excluding hydrogens is 378 g/mol. The number of rotatable bonds is 6. The number of nitrogens with zero attached hydrogens (tertiary/aromatic N) is 3. The van der Waals surface area contributed by atoms with Gasteiger partial charge in [-0.05, 0) is 43.3 Å². The van der Waals surface area contributed by atoms with Crippen molar-refractivity contribution in [2.24, 2.45) is 0 Å². The summed E-state index contributed by atoms with van der Waals surface area (Å²) >= 11 is 2.65. The number of anilines is 2. The highest BCUT2D eigenvalue weighted by Gasteiger charge is 2.24. The van der Waals surface area contributed by atoms with Crippen molar-refractivity contribution in [3.05, 3.63) is 41.3 Å². The standard InChI is InChI=1S/C19H17N5OS2/c1-11(17(25)24-18-12(10-20)8-9-26-18)27-19-22-15-5-3-2-4-14(15)16(23-19)21-13-6-7-13/h2-5,8-9,11,13H,6-7H2,1H3,(H,24,25)(H,21,22,23)/t11-/m0/s1. The van der Waals surface area contributed by atoms with Gasteiger partial charge in [0.1, 0.15) is 16.9 Å². The van der Waals surface area contributed by atoms with Crippen molar-refractivity contribution in [1.29, 1.82) is 5.26 Å². The summed E-state index contributed by atoms with van der Waals surface area (Å²) in [5.41, 5.74) is 1.33. The molecule has 27 heavy (non-hydrogen) atoms. The minimum atomic E-state index is -0.395. The van der Waals surface area contributed by atoms with E-state index >= 15 is 0 Å². The Balaban J connectivity index is 1.53. The smallest absolute Gasteiger partial charge is 0.238 e. The van der Waals surface area contributed by atoms with E-state index in [1.54, 1.807) is 11.4 Å². The molecule has 1 aliphatic carbocycles. The zero-order valence-corrected chi connectivity index (χ0v) is 16.2. The van der Waals surface area contributed by atoms with Crippen molar-refractivity contribution in [2.45, 2.75) is 36.2 Å². The van der Waals surface area contributed by atoms with Crippen molar-refractivity contribution >= 4 is 50.7 Å². The summed E-state index contributed by atoms with van der Waals surface area (Å²) in [6.45, 7) is 1.81. The van der Waals surface area contributed by atoms with Crippen LogP contribution in [0.15, 0.2) is 40.9 Å². The fourth-order valence-electron chi connectivity index (χ4n) is 2.56. The molecule has 2 heterocycles. The Morgan fingerprint density at radius 3 is 2.93 bits per heavy atom. The molecule has 1 amide bonds. The number of nitriles is 1. The summed E-state index contributed by atoms with van der Waals surface area (Å²) in [7, 11) is 0. The molecule has 0 spiro atoms. The van der Waals surface area contributed by atoms with Crippen LogP contribution in [-0.4, -0.2) is 27.2 Å². The minimum absolute atomic E-state index is 0.174. The molecule has 6 nitrogen and oxygen atoms in total.